The lowest BCUT2D eigenvalue weighted by Crippen LogP contribution is -2.30. The highest BCUT2D eigenvalue weighted by molar-refractivity contribution is 6.04. The van der Waals surface area contributed by atoms with Crippen LogP contribution in [0.25, 0.3) is 11.0 Å². The Morgan fingerprint density at radius 3 is 2.96 bits per heavy atom. The molecule has 7 heteroatoms. The minimum Gasteiger partial charge on any atom is -0.462 e. The number of aryl methyl sites for hydroxylation is 1. The topological polar surface area (TPSA) is 89.3 Å². The molecule has 0 radical (unpaired) electrons. The molecule has 1 saturated carbocycles. The summed E-state index contributed by atoms with van der Waals surface area (Å²) < 4.78 is 6.96. The van der Waals surface area contributed by atoms with Gasteiger partial charge in [-0.05, 0) is 39.5 Å². The van der Waals surface area contributed by atoms with Crippen LogP contribution in [0.5, 0.6) is 0 Å². The van der Waals surface area contributed by atoms with Gasteiger partial charge in [-0.15, -0.1) is 0 Å². The number of hydrogen-bond donors (Lipinski definition) is 2. The molecule has 130 valence electrons. The molecule has 1 unspecified atom stereocenters. The van der Waals surface area contributed by atoms with E-state index in [9.17, 15) is 9.90 Å². The average Bonchev–Trinajstić information content (AvgIpc) is 2.99. The molecule has 0 aliphatic heterocycles. The Morgan fingerprint density at radius 2 is 2.25 bits per heavy atom. The number of esters is 1. The van der Waals surface area contributed by atoms with E-state index in [1.165, 1.54) is 0 Å². The molecule has 2 N–H and O–H groups in total. The van der Waals surface area contributed by atoms with Crippen LogP contribution in [0, 0.1) is 0 Å². The van der Waals surface area contributed by atoms with E-state index >= 15 is 0 Å². The molecule has 1 aliphatic rings. The van der Waals surface area contributed by atoms with Crippen LogP contribution in [-0.2, 0) is 11.3 Å². The summed E-state index contributed by atoms with van der Waals surface area (Å²) in [5.74, 6) is -0.394. The maximum atomic E-state index is 12.3. The van der Waals surface area contributed by atoms with E-state index in [1.807, 2.05) is 6.92 Å². The van der Waals surface area contributed by atoms with E-state index < -0.39 is 5.97 Å². The average molecular weight is 332 g/mol. The van der Waals surface area contributed by atoms with Gasteiger partial charge in [-0.1, -0.05) is 0 Å². The molecule has 2 aromatic rings. The number of pyridine rings is 1. The number of hydrogen-bond acceptors (Lipinski definition) is 6. The quantitative estimate of drug-likeness (QED) is 0.817. The summed E-state index contributed by atoms with van der Waals surface area (Å²) in [4.78, 5) is 16.7. The molecule has 0 saturated heterocycles. The van der Waals surface area contributed by atoms with Gasteiger partial charge >= 0.3 is 5.97 Å². The zero-order chi connectivity index (χ0) is 17.1. The van der Waals surface area contributed by atoms with Gasteiger partial charge in [0.2, 0.25) is 0 Å². The van der Waals surface area contributed by atoms with E-state index in [0.717, 1.165) is 30.3 Å². The fraction of sp³-hybridized carbons (Fsp3) is 0.588. The van der Waals surface area contributed by atoms with Crippen molar-refractivity contribution in [3.8, 4) is 0 Å². The molecule has 2 atom stereocenters. The molecule has 2 aromatic heterocycles. The Morgan fingerprint density at radius 1 is 1.42 bits per heavy atom. The molecular weight excluding hydrogens is 308 g/mol. The van der Waals surface area contributed by atoms with Crippen LogP contribution in [-0.4, -0.2) is 44.6 Å². The van der Waals surface area contributed by atoms with Crippen LogP contribution in [0.2, 0.25) is 0 Å². The summed E-state index contributed by atoms with van der Waals surface area (Å²) in [6, 6.07) is 0.123. The third kappa shape index (κ3) is 3.21. The maximum absolute atomic E-state index is 12.3. The molecule has 24 heavy (non-hydrogen) atoms. The molecule has 2 heterocycles. The number of anilines is 1. The summed E-state index contributed by atoms with van der Waals surface area (Å²) in [6.07, 6.45) is 6.43. The van der Waals surface area contributed by atoms with Gasteiger partial charge in [-0.2, -0.15) is 5.10 Å². The first-order valence-electron chi connectivity index (χ1n) is 8.60. The van der Waals surface area contributed by atoms with Gasteiger partial charge in [-0.3, -0.25) is 0 Å². The Bertz CT molecular complexity index is 728. The zero-order valence-electron chi connectivity index (χ0n) is 14.2. The third-order valence-electron chi connectivity index (χ3n) is 4.46. The number of rotatable bonds is 5. The van der Waals surface area contributed by atoms with E-state index in [2.05, 4.69) is 15.4 Å². The second-order valence-electron chi connectivity index (χ2n) is 6.13. The van der Waals surface area contributed by atoms with Crippen LogP contribution < -0.4 is 5.32 Å². The van der Waals surface area contributed by atoms with Crippen molar-refractivity contribution in [2.45, 2.75) is 58.2 Å². The molecule has 3 rings (SSSR count). The van der Waals surface area contributed by atoms with Crippen LogP contribution in [0.15, 0.2) is 12.4 Å². The number of carbonyl (C=O) groups excluding carboxylic acids is 1. The highest BCUT2D eigenvalue weighted by atomic mass is 16.5. The summed E-state index contributed by atoms with van der Waals surface area (Å²) in [5.41, 5.74) is 1.86. The van der Waals surface area contributed by atoms with Crippen molar-refractivity contribution in [1.29, 1.82) is 0 Å². The predicted molar refractivity (Wildman–Crippen MR) is 91.0 cm³/mol. The minimum atomic E-state index is -0.394. The highest BCUT2D eigenvalue weighted by Gasteiger charge is 2.24. The molecule has 7 nitrogen and oxygen atoms in total. The number of nitrogens with one attached hydrogen (secondary N) is 1. The second kappa shape index (κ2) is 7.17. The second-order valence-corrected chi connectivity index (χ2v) is 6.13. The smallest absolute Gasteiger partial charge is 0.341 e. The maximum Gasteiger partial charge on any atom is 0.341 e. The monoisotopic (exact) mass is 332 g/mol. The van der Waals surface area contributed by atoms with Crippen LogP contribution in [0.1, 0.15) is 49.9 Å². The molecule has 0 spiro atoms. The first-order valence-corrected chi connectivity index (χ1v) is 8.60. The number of nitrogens with zero attached hydrogens (tertiary/aromatic N) is 3. The van der Waals surface area contributed by atoms with Crippen LogP contribution >= 0.6 is 0 Å². The van der Waals surface area contributed by atoms with Crippen molar-refractivity contribution in [3.63, 3.8) is 0 Å². The molecule has 0 aromatic carbocycles. The Kier molecular flexibility index (Phi) is 4.99. The predicted octanol–water partition coefficient (Wildman–Crippen LogP) is 2.34. The Balaban J connectivity index is 2.01. The first-order chi connectivity index (χ1) is 11.6. The third-order valence-corrected chi connectivity index (χ3v) is 4.46. The van der Waals surface area contributed by atoms with Gasteiger partial charge in [-0.25, -0.2) is 14.5 Å². The molecule has 0 amide bonds. The van der Waals surface area contributed by atoms with Crippen molar-refractivity contribution in [2.75, 3.05) is 11.9 Å². The number of ether oxygens (including phenoxy) is 1. The number of fused-ring (bicyclic) bond motifs is 1. The molecule has 1 fully saturated rings. The number of carbonyl (C=O) groups is 1. The molecule has 0 bridgehead atoms. The summed E-state index contributed by atoms with van der Waals surface area (Å²) in [7, 11) is 0. The SMILES string of the molecule is CCOC(=O)c1cnc2c(cnn2CC)c1NC1CCC[C@H](O)C1. The van der Waals surface area contributed by atoms with Crippen molar-refractivity contribution in [2.24, 2.45) is 0 Å². The largest absolute Gasteiger partial charge is 0.462 e. The van der Waals surface area contributed by atoms with Gasteiger partial charge in [0.05, 0.1) is 30.0 Å². The number of aliphatic hydroxyl groups is 1. The van der Waals surface area contributed by atoms with Crippen LogP contribution in [0.4, 0.5) is 5.69 Å². The van der Waals surface area contributed by atoms with Crippen molar-refractivity contribution in [1.82, 2.24) is 14.8 Å². The fourth-order valence-electron chi connectivity index (χ4n) is 3.28. The van der Waals surface area contributed by atoms with Gasteiger partial charge < -0.3 is 15.2 Å². The van der Waals surface area contributed by atoms with E-state index in [-0.39, 0.29) is 12.1 Å². The standard InChI is InChI=1S/C17H24N4O3/c1-3-21-16-13(10-19-21)15(14(9-18-16)17(23)24-4-2)20-11-6-5-7-12(22)8-11/h9-12,22H,3-8H2,1-2H3,(H,18,20)/t11?,12-/m0/s1. The Hall–Kier alpha value is -2.15. The fourth-order valence-corrected chi connectivity index (χ4v) is 3.28. The normalized spacial score (nSPS) is 21.0. The van der Waals surface area contributed by atoms with E-state index in [4.69, 9.17) is 4.74 Å². The number of aromatic nitrogens is 3. The van der Waals surface area contributed by atoms with E-state index in [0.29, 0.717) is 30.8 Å². The summed E-state index contributed by atoms with van der Waals surface area (Å²) >= 11 is 0. The number of aliphatic hydroxyl groups excluding tert-OH is 1. The van der Waals surface area contributed by atoms with E-state index in [1.54, 1.807) is 24.0 Å². The van der Waals surface area contributed by atoms with Gasteiger partial charge in [0.1, 0.15) is 5.56 Å². The lowest BCUT2D eigenvalue weighted by molar-refractivity contribution is 0.0527. The van der Waals surface area contributed by atoms with Crippen molar-refractivity contribution < 1.29 is 14.6 Å². The highest BCUT2D eigenvalue weighted by Crippen LogP contribution is 2.30. The summed E-state index contributed by atoms with van der Waals surface area (Å²) in [6.45, 7) is 4.80. The summed E-state index contributed by atoms with van der Waals surface area (Å²) in [5, 5.41) is 18.5. The van der Waals surface area contributed by atoms with Crippen molar-refractivity contribution >= 4 is 22.7 Å². The first kappa shape index (κ1) is 16.7. The van der Waals surface area contributed by atoms with Crippen LogP contribution in [0.3, 0.4) is 0 Å². The lowest BCUT2D eigenvalue weighted by atomic mass is 9.92. The lowest BCUT2D eigenvalue weighted by Gasteiger charge is -2.28. The molecule has 1 aliphatic carbocycles. The molecular formula is C17H24N4O3. The van der Waals surface area contributed by atoms with Gasteiger partial charge in [0.15, 0.2) is 5.65 Å². The minimum absolute atomic E-state index is 0.123. The van der Waals surface area contributed by atoms with Gasteiger partial charge in [0, 0.05) is 18.8 Å². The Labute approximate surface area is 141 Å². The van der Waals surface area contributed by atoms with Crippen molar-refractivity contribution in [3.05, 3.63) is 18.0 Å². The zero-order valence-corrected chi connectivity index (χ0v) is 14.2. The van der Waals surface area contributed by atoms with Gasteiger partial charge in [0.25, 0.3) is 0 Å².